The Balaban J connectivity index is 1.92. The van der Waals surface area contributed by atoms with Crippen molar-refractivity contribution in [2.24, 2.45) is 0 Å². The third-order valence-electron chi connectivity index (χ3n) is 3.21. The Morgan fingerprint density at radius 3 is 1.39 bits per heavy atom. The van der Waals surface area contributed by atoms with Gasteiger partial charge in [-0.1, -0.05) is 60.7 Å². The van der Waals surface area contributed by atoms with E-state index in [0.29, 0.717) is 10.5 Å². The number of hydrogen-bond acceptors (Lipinski definition) is 2. The maximum atomic E-state index is 2.26. The molecule has 2 heteroatoms. The molecule has 0 N–H and O–H groups in total. The normalized spacial score (nSPS) is 23.8. The van der Waals surface area contributed by atoms with Crippen molar-refractivity contribution >= 4 is 23.5 Å². The summed E-state index contributed by atoms with van der Waals surface area (Å²) in [6.07, 6.45) is 0. The SMILES string of the molecule is c1ccc([C@H]2SCCS[C@H]2c2ccccc2)cc1. The lowest BCUT2D eigenvalue weighted by atomic mass is 10.0. The van der Waals surface area contributed by atoms with E-state index in [1.165, 1.54) is 22.6 Å². The predicted molar refractivity (Wildman–Crippen MR) is 83.3 cm³/mol. The summed E-state index contributed by atoms with van der Waals surface area (Å²) in [5.74, 6) is 2.52. The first-order valence-corrected chi connectivity index (χ1v) is 8.38. The first-order valence-electron chi connectivity index (χ1n) is 6.28. The van der Waals surface area contributed by atoms with E-state index in [4.69, 9.17) is 0 Å². The van der Waals surface area contributed by atoms with Gasteiger partial charge in [0.2, 0.25) is 0 Å². The minimum absolute atomic E-state index is 0.590. The lowest BCUT2D eigenvalue weighted by Gasteiger charge is -2.31. The molecule has 1 fully saturated rings. The van der Waals surface area contributed by atoms with Crippen molar-refractivity contribution in [2.45, 2.75) is 10.5 Å². The zero-order chi connectivity index (χ0) is 12.2. The molecule has 0 amide bonds. The van der Waals surface area contributed by atoms with Crippen LogP contribution in [-0.2, 0) is 0 Å². The van der Waals surface area contributed by atoms with Gasteiger partial charge in [0.15, 0.2) is 0 Å². The molecule has 0 aromatic heterocycles. The van der Waals surface area contributed by atoms with Gasteiger partial charge in [-0.25, -0.2) is 0 Å². The maximum absolute atomic E-state index is 2.26. The van der Waals surface area contributed by atoms with Crippen LogP contribution < -0.4 is 0 Å². The van der Waals surface area contributed by atoms with E-state index >= 15 is 0 Å². The fourth-order valence-electron chi connectivity index (χ4n) is 2.35. The predicted octanol–water partition coefficient (Wildman–Crippen LogP) is 4.95. The summed E-state index contributed by atoms with van der Waals surface area (Å²) < 4.78 is 0. The largest absolute Gasteiger partial charge is 0.151 e. The Morgan fingerprint density at radius 2 is 1.00 bits per heavy atom. The van der Waals surface area contributed by atoms with Crippen LogP contribution in [0.1, 0.15) is 21.6 Å². The van der Waals surface area contributed by atoms with Gasteiger partial charge in [0, 0.05) is 22.0 Å². The topological polar surface area (TPSA) is 0 Å². The van der Waals surface area contributed by atoms with Crippen LogP contribution in [0.15, 0.2) is 60.7 Å². The van der Waals surface area contributed by atoms with Crippen LogP contribution in [0, 0.1) is 0 Å². The molecule has 0 saturated carbocycles. The van der Waals surface area contributed by atoms with Crippen molar-refractivity contribution < 1.29 is 0 Å². The molecule has 0 unspecified atom stereocenters. The van der Waals surface area contributed by atoms with Gasteiger partial charge in [-0.3, -0.25) is 0 Å². The van der Waals surface area contributed by atoms with Crippen molar-refractivity contribution in [1.82, 2.24) is 0 Å². The molecule has 3 rings (SSSR count). The van der Waals surface area contributed by atoms with E-state index in [-0.39, 0.29) is 0 Å². The number of rotatable bonds is 2. The fraction of sp³-hybridized carbons (Fsp3) is 0.250. The monoisotopic (exact) mass is 272 g/mol. The second-order valence-corrected chi connectivity index (χ2v) is 6.90. The van der Waals surface area contributed by atoms with Gasteiger partial charge >= 0.3 is 0 Å². The molecule has 2 aromatic rings. The average Bonchev–Trinajstić information content (AvgIpc) is 2.49. The van der Waals surface area contributed by atoms with E-state index < -0.39 is 0 Å². The molecule has 0 spiro atoms. The smallest absolute Gasteiger partial charge is 0.0457 e. The van der Waals surface area contributed by atoms with Gasteiger partial charge in [0.05, 0.1) is 0 Å². The van der Waals surface area contributed by atoms with Crippen molar-refractivity contribution in [1.29, 1.82) is 0 Å². The van der Waals surface area contributed by atoms with E-state index in [1.54, 1.807) is 0 Å². The molecule has 1 heterocycles. The highest BCUT2D eigenvalue weighted by Crippen LogP contribution is 2.51. The summed E-state index contributed by atoms with van der Waals surface area (Å²) in [7, 11) is 0. The van der Waals surface area contributed by atoms with Crippen LogP contribution >= 0.6 is 23.5 Å². The van der Waals surface area contributed by atoms with Gasteiger partial charge in [-0.15, -0.1) is 0 Å². The molecular weight excluding hydrogens is 256 g/mol. The molecule has 1 saturated heterocycles. The maximum Gasteiger partial charge on any atom is 0.0457 e. The van der Waals surface area contributed by atoms with E-state index in [1.807, 2.05) is 0 Å². The molecule has 0 bridgehead atoms. The van der Waals surface area contributed by atoms with Crippen molar-refractivity contribution in [3.63, 3.8) is 0 Å². The van der Waals surface area contributed by atoms with Gasteiger partial charge in [-0.2, -0.15) is 23.5 Å². The molecule has 0 nitrogen and oxygen atoms in total. The van der Waals surface area contributed by atoms with Crippen molar-refractivity contribution in [3.05, 3.63) is 71.8 Å². The van der Waals surface area contributed by atoms with E-state index in [0.717, 1.165) is 0 Å². The standard InChI is InChI=1S/C16H16S2/c1-3-7-13(8-4-1)15-16(18-12-11-17-15)14-9-5-2-6-10-14/h1-10,15-16H,11-12H2/t15-,16+. The highest BCUT2D eigenvalue weighted by atomic mass is 32.2. The molecule has 1 aliphatic heterocycles. The number of benzene rings is 2. The third kappa shape index (κ3) is 2.60. The number of thioether (sulfide) groups is 2. The molecular formula is C16H16S2. The Hall–Kier alpha value is -0.860. The first kappa shape index (κ1) is 12.2. The van der Waals surface area contributed by atoms with Gasteiger partial charge in [0.25, 0.3) is 0 Å². The van der Waals surface area contributed by atoms with Crippen LogP contribution in [0.5, 0.6) is 0 Å². The summed E-state index contributed by atoms with van der Waals surface area (Å²) in [4.78, 5) is 0. The molecule has 2 atom stereocenters. The third-order valence-corrected chi connectivity index (χ3v) is 6.33. The zero-order valence-electron chi connectivity index (χ0n) is 10.2. The van der Waals surface area contributed by atoms with Crippen LogP contribution in [0.2, 0.25) is 0 Å². The number of hydrogen-bond donors (Lipinski definition) is 0. The summed E-state index contributed by atoms with van der Waals surface area (Å²) in [5, 5.41) is 1.18. The highest BCUT2D eigenvalue weighted by molar-refractivity contribution is 8.06. The first-order chi connectivity index (χ1) is 8.95. The Morgan fingerprint density at radius 1 is 0.611 bits per heavy atom. The minimum atomic E-state index is 0.590. The average molecular weight is 272 g/mol. The van der Waals surface area contributed by atoms with Crippen LogP contribution in [0.25, 0.3) is 0 Å². The lowest BCUT2D eigenvalue weighted by molar-refractivity contribution is 0.897. The van der Waals surface area contributed by atoms with E-state index in [2.05, 4.69) is 84.2 Å². The minimum Gasteiger partial charge on any atom is -0.151 e. The van der Waals surface area contributed by atoms with Gasteiger partial charge in [0.1, 0.15) is 0 Å². The van der Waals surface area contributed by atoms with Crippen molar-refractivity contribution in [2.75, 3.05) is 11.5 Å². The Labute approximate surface area is 117 Å². The molecule has 2 aromatic carbocycles. The van der Waals surface area contributed by atoms with Gasteiger partial charge in [-0.05, 0) is 11.1 Å². The molecule has 92 valence electrons. The second-order valence-electron chi connectivity index (χ2n) is 4.40. The summed E-state index contributed by atoms with van der Waals surface area (Å²) in [6, 6.07) is 21.9. The molecule has 18 heavy (non-hydrogen) atoms. The van der Waals surface area contributed by atoms with Crippen LogP contribution in [-0.4, -0.2) is 11.5 Å². The van der Waals surface area contributed by atoms with E-state index in [9.17, 15) is 0 Å². The lowest BCUT2D eigenvalue weighted by Crippen LogP contribution is -2.12. The molecule has 1 aliphatic rings. The summed E-state index contributed by atoms with van der Waals surface area (Å²) >= 11 is 4.20. The van der Waals surface area contributed by atoms with Crippen LogP contribution in [0.4, 0.5) is 0 Å². The molecule has 0 aliphatic carbocycles. The zero-order valence-corrected chi connectivity index (χ0v) is 11.8. The Kier molecular flexibility index (Phi) is 3.96. The quantitative estimate of drug-likeness (QED) is 0.758. The molecule has 0 radical (unpaired) electrons. The highest BCUT2D eigenvalue weighted by Gasteiger charge is 2.28. The van der Waals surface area contributed by atoms with Crippen LogP contribution in [0.3, 0.4) is 0 Å². The fourth-order valence-corrected chi connectivity index (χ4v) is 5.46. The second kappa shape index (κ2) is 5.85. The van der Waals surface area contributed by atoms with Gasteiger partial charge < -0.3 is 0 Å². The Bertz CT molecular complexity index is 433. The van der Waals surface area contributed by atoms with Crippen molar-refractivity contribution in [3.8, 4) is 0 Å². The summed E-state index contributed by atoms with van der Waals surface area (Å²) in [5.41, 5.74) is 2.92. The summed E-state index contributed by atoms with van der Waals surface area (Å²) in [6.45, 7) is 0.